The predicted octanol–water partition coefficient (Wildman–Crippen LogP) is 0.960. The summed E-state index contributed by atoms with van der Waals surface area (Å²) in [5, 5.41) is 3.41. The van der Waals surface area contributed by atoms with Gasteiger partial charge in [0.05, 0.1) is 12.7 Å². The van der Waals surface area contributed by atoms with E-state index in [1.54, 1.807) is 0 Å². The minimum Gasteiger partial charge on any atom is -0.374 e. The van der Waals surface area contributed by atoms with E-state index in [1.165, 1.54) is 12.8 Å². The Bertz CT molecular complexity index is 374. The number of morpholine rings is 1. The summed E-state index contributed by atoms with van der Waals surface area (Å²) in [6.45, 7) is 3.71. The van der Waals surface area contributed by atoms with E-state index in [1.807, 2.05) is 6.20 Å². The van der Waals surface area contributed by atoms with E-state index in [0.717, 1.165) is 32.2 Å². The average molecular weight is 236 g/mol. The van der Waals surface area contributed by atoms with E-state index in [4.69, 9.17) is 4.74 Å². The summed E-state index contributed by atoms with van der Waals surface area (Å²) in [6, 6.07) is 0.676. The van der Waals surface area contributed by atoms with Crippen molar-refractivity contribution in [1.29, 1.82) is 0 Å². The van der Waals surface area contributed by atoms with Gasteiger partial charge in [0.15, 0.2) is 0 Å². The SMILES string of the molecule is CN1CCOC(CNc2nccn2C2CC2)C1. The molecule has 0 bridgehead atoms. The topological polar surface area (TPSA) is 42.3 Å². The molecule has 1 aromatic heterocycles. The van der Waals surface area contributed by atoms with Crippen LogP contribution in [0.15, 0.2) is 12.4 Å². The van der Waals surface area contributed by atoms with Gasteiger partial charge in [-0.15, -0.1) is 0 Å². The largest absolute Gasteiger partial charge is 0.374 e. The highest BCUT2D eigenvalue weighted by atomic mass is 16.5. The van der Waals surface area contributed by atoms with Crippen molar-refractivity contribution in [2.24, 2.45) is 0 Å². The number of hydrogen-bond acceptors (Lipinski definition) is 4. The van der Waals surface area contributed by atoms with Crippen molar-refractivity contribution >= 4 is 5.95 Å². The Morgan fingerprint density at radius 1 is 1.53 bits per heavy atom. The number of nitrogens with zero attached hydrogens (tertiary/aromatic N) is 3. The molecule has 2 aliphatic rings. The molecule has 1 unspecified atom stereocenters. The second-order valence-electron chi connectivity index (χ2n) is 5.03. The van der Waals surface area contributed by atoms with Gasteiger partial charge in [0.2, 0.25) is 5.95 Å². The smallest absolute Gasteiger partial charge is 0.203 e. The quantitative estimate of drug-likeness (QED) is 0.845. The standard InChI is InChI=1S/C12H20N4O/c1-15-6-7-17-11(9-15)8-14-12-13-4-5-16(12)10-2-3-10/h4-5,10-11H,2-3,6-9H2,1H3,(H,13,14). The summed E-state index contributed by atoms with van der Waals surface area (Å²) >= 11 is 0. The van der Waals surface area contributed by atoms with E-state index in [2.05, 4.69) is 33.0 Å². The first-order chi connectivity index (χ1) is 8.33. The maximum Gasteiger partial charge on any atom is 0.203 e. The molecule has 2 heterocycles. The Morgan fingerprint density at radius 2 is 2.41 bits per heavy atom. The molecule has 1 saturated carbocycles. The summed E-state index contributed by atoms with van der Waals surface area (Å²) < 4.78 is 7.96. The third-order valence-electron chi connectivity index (χ3n) is 3.44. The van der Waals surface area contributed by atoms with Gasteiger partial charge in [0.25, 0.3) is 0 Å². The molecule has 17 heavy (non-hydrogen) atoms. The number of anilines is 1. The predicted molar refractivity (Wildman–Crippen MR) is 66.2 cm³/mol. The molecule has 5 nitrogen and oxygen atoms in total. The maximum absolute atomic E-state index is 5.72. The van der Waals surface area contributed by atoms with Crippen LogP contribution in [0.25, 0.3) is 0 Å². The molecular formula is C12H20N4O. The summed E-state index contributed by atoms with van der Waals surface area (Å²) in [6.07, 6.45) is 6.78. The van der Waals surface area contributed by atoms with Gasteiger partial charge in [-0.3, -0.25) is 0 Å². The highest BCUT2D eigenvalue weighted by molar-refractivity contribution is 5.28. The molecular weight excluding hydrogens is 216 g/mol. The second kappa shape index (κ2) is 4.66. The van der Waals surface area contributed by atoms with Gasteiger partial charge < -0.3 is 19.5 Å². The monoisotopic (exact) mass is 236 g/mol. The van der Waals surface area contributed by atoms with Gasteiger partial charge in [0, 0.05) is 38.1 Å². The second-order valence-corrected chi connectivity index (χ2v) is 5.03. The lowest BCUT2D eigenvalue weighted by atomic mass is 10.3. The molecule has 1 N–H and O–H groups in total. The van der Waals surface area contributed by atoms with Crippen LogP contribution in [-0.2, 0) is 4.74 Å². The third kappa shape index (κ3) is 2.61. The normalized spacial score (nSPS) is 26.1. The van der Waals surface area contributed by atoms with Gasteiger partial charge in [-0.05, 0) is 19.9 Å². The van der Waals surface area contributed by atoms with Gasteiger partial charge >= 0.3 is 0 Å². The van der Waals surface area contributed by atoms with Crippen LogP contribution < -0.4 is 5.32 Å². The molecule has 1 aliphatic heterocycles. The highest BCUT2D eigenvalue weighted by Crippen LogP contribution is 2.36. The fraction of sp³-hybridized carbons (Fsp3) is 0.750. The molecule has 5 heteroatoms. The van der Waals surface area contributed by atoms with Crippen molar-refractivity contribution in [3.63, 3.8) is 0 Å². The number of likely N-dealkylation sites (N-methyl/N-ethyl adjacent to an activating group) is 1. The average Bonchev–Trinajstić information content (AvgIpc) is 3.06. The lowest BCUT2D eigenvalue weighted by Crippen LogP contribution is -2.43. The minimum absolute atomic E-state index is 0.276. The van der Waals surface area contributed by atoms with Crippen molar-refractivity contribution in [2.75, 3.05) is 38.6 Å². The Labute approximate surface area is 102 Å². The fourth-order valence-electron chi connectivity index (χ4n) is 2.29. The number of rotatable bonds is 4. The van der Waals surface area contributed by atoms with Crippen molar-refractivity contribution < 1.29 is 4.74 Å². The molecule has 1 saturated heterocycles. The van der Waals surface area contributed by atoms with Gasteiger partial charge in [0.1, 0.15) is 0 Å². The minimum atomic E-state index is 0.276. The van der Waals surface area contributed by atoms with Crippen molar-refractivity contribution in [3.8, 4) is 0 Å². The molecule has 3 rings (SSSR count). The zero-order valence-corrected chi connectivity index (χ0v) is 10.3. The molecule has 94 valence electrons. The van der Waals surface area contributed by atoms with Crippen molar-refractivity contribution in [1.82, 2.24) is 14.5 Å². The lowest BCUT2D eigenvalue weighted by molar-refractivity contribution is -0.0118. The Kier molecular flexibility index (Phi) is 3.03. The molecule has 1 aliphatic carbocycles. The van der Waals surface area contributed by atoms with Gasteiger partial charge in [-0.25, -0.2) is 4.98 Å². The summed E-state index contributed by atoms with van der Waals surface area (Å²) in [5.41, 5.74) is 0. The zero-order valence-electron chi connectivity index (χ0n) is 10.3. The van der Waals surface area contributed by atoms with E-state index in [0.29, 0.717) is 6.04 Å². The molecule has 0 amide bonds. The Morgan fingerprint density at radius 3 is 3.18 bits per heavy atom. The highest BCUT2D eigenvalue weighted by Gasteiger charge is 2.26. The van der Waals surface area contributed by atoms with Gasteiger partial charge in [-0.2, -0.15) is 0 Å². The van der Waals surface area contributed by atoms with Crippen molar-refractivity contribution in [3.05, 3.63) is 12.4 Å². The zero-order chi connectivity index (χ0) is 11.7. The lowest BCUT2D eigenvalue weighted by Gasteiger charge is -2.30. The first-order valence-electron chi connectivity index (χ1n) is 6.40. The first-order valence-corrected chi connectivity index (χ1v) is 6.40. The van der Waals surface area contributed by atoms with Crippen LogP contribution in [-0.4, -0.2) is 53.8 Å². The van der Waals surface area contributed by atoms with Crippen LogP contribution >= 0.6 is 0 Å². The van der Waals surface area contributed by atoms with E-state index in [9.17, 15) is 0 Å². The van der Waals surface area contributed by atoms with E-state index < -0.39 is 0 Å². The number of ether oxygens (including phenoxy) is 1. The summed E-state index contributed by atoms with van der Waals surface area (Å²) in [4.78, 5) is 6.67. The molecule has 0 spiro atoms. The number of hydrogen-bond donors (Lipinski definition) is 1. The fourth-order valence-corrected chi connectivity index (χ4v) is 2.29. The van der Waals surface area contributed by atoms with Crippen LogP contribution in [0.4, 0.5) is 5.95 Å². The van der Waals surface area contributed by atoms with Crippen LogP contribution in [0, 0.1) is 0 Å². The number of aromatic nitrogens is 2. The summed E-state index contributed by atoms with van der Waals surface area (Å²) in [5.74, 6) is 0.990. The number of nitrogens with one attached hydrogen (secondary N) is 1. The molecule has 1 atom stereocenters. The van der Waals surface area contributed by atoms with Crippen LogP contribution in [0.1, 0.15) is 18.9 Å². The molecule has 1 aromatic rings. The van der Waals surface area contributed by atoms with Crippen LogP contribution in [0.5, 0.6) is 0 Å². The van der Waals surface area contributed by atoms with Crippen molar-refractivity contribution in [2.45, 2.75) is 25.0 Å². The van der Waals surface area contributed by atoms with E-state index >= 15 is 0 Å². The summed E-state index contributed by atoms with van der Waals surface area (Å²) in [7, 11) is 2.14. The Balaban J connectivity index is 1.54. The molecule has 2 fully saturated rings. The van der Waals surface area contributed by atoms with Crippen LogP contribution in [0.2, 0.25) is 0 Å². The molecule has 0 radical (unpaired) electrons. The molecule has 0 aromatic carbocycles. The van der Waals surface area contributed by atoms with Crippen LogP contribution in [0.3, 0.4) is 0 Å². The maximum atomic E-state index is 5.72. The van der Waals surface area contributed by atoms with Gasteiger partial charge in [-0.1, -0.05) is 0 Å². The number of imidazole rings is 1. The Hall–Kier alpha value is -1.07. The van der Waals surface area contributed by atoms with E-state index in [-0.39, 0.29) is 6.10 Å². The first kappa shape index (κ1) is 11.0. The third-order valence-corrected chi connectivity index (χ3v) is 3.44.